The van der Waals surface area contributed by atoms with Crippen LogP contribution in [0.5, 0.6) is 0 Å². The smallest absolute Gasteiger partial charge is 0.416 e. The summed E-state index contributed by atoms with van der Waals surface area (Å²) in [5.74, 6) is -1.45. The van der Waals surface area contributed by atoms with Crippen molar-refractivity contribution in [2.45, 2.75) is 25.9 Å². The van der Waals surface area contributed by atoms with Crippen molar-refractivity contribution in [3.05, 3.63) is 41.5 Å². The number of hydrogen-bond donors (Lipinski definition) is 1. The van der Waals surface area contributed by atoms with Crippen LogP contribution in [0.4, 0.5) is 13.2 Å². The monoisotopic (exact) mass is 327 g/mol. The van der Waals surface area contributed by atoms with Crippen molar-refractivity contribution in [3.63, 3.8) is 0 Å². The van der Waals surface area contributed by atoms with Gasteiger partial charge < -0.3 is 9.52 Å². The van der Waals surface area contributed by atoms with Crippen molar-refractivity contribution in [3.8, 4) is 11.3 Å². The fourth-order valence-electron chi connectivity index (χ4n) is 1.91. The van der Waals surface area contributed by atoms with E-state index in [4.69, 9.17) is 9.52 Å². The van der Waals surface area contributed by atoms with Crippen molar-refractivity contribution in [1.29, 1.82) is 0 Å². The lowest BCUT2D eigenvalue weighted by Gasteiger charge is -2.09. The first-order valence-electron chi connectivity index (χ1n) is 6.56. The number of benzene rings is 1. The van der Waals surface area contributed by atoms with E-state index in [1.165, 1.54) is 13.0 Å². The van der Waals surface area contributed by atoms with Gasteiger partial charge in [-0.3, -0.25) is 9.59 Å². The van der Waals surface area contributed by atoms with E-state index < -0.39 is 23.5 Å². The first-order valence-corrected chi connectivity index (χ1v) is 6.56. The average Bonchev–Trinajstić information content (AvgIpc) is 2.92. The number of carbonyl (C=O) groups excluding carboxylic acids is 1. The van der Waals surface area contributed by atoms with Gasteiger partial charge in [-0.1, -0.05) is 0 Å². The lowest BCUT2D eigenvalue weighted by molar-refractivity contribution is -0.138. The maximum Gasteiger partial charge on any atom is 0.416 e. The van der Waals surface area contributed by atoms with Crippen LogP contribution in [0.25, 0.3) is 11.3 Å². The van der Waals surface area contributed by atoms with Gasteiger partial charge in [0.15, 0.2) is 11.7 Å². The Morgan fingerprint density at radius 1 is 1.26 bits per heavy atom. The number of carboxylic acids is 1. The van der Waals surface area contributed by atoms with Crippen LogP contribution in [0.2, 0.25) is 0 Å². The van der Waals surface area contributed by atoms with Crippen molar-refractivity contribution >= 4 is 11.8 Å². The zero-order valence-corrected chi connectivity index (χ0v) is 12.0. The van der Waals surface area contributed by atoms with E-state index in [1.807, 2.05) is 0 Å². The van der Waals surface area contributed by atoms with Crippen LogP contribution in [-0.4, -0.2) is 21.8 Å². The fraction of sp³-hybridized carbons (Fsp3) is 0.267. The van der Waals surface area contributed by atoms with Crippen LogP contribution in [-0.2, 0) is 17.4 Å². The number of oxazole rings is 1. The Hall–Kier alpha value is -2.64. The second kappa shape index (κ2) is 6.23. The van der Waals surface area contributed by atoms with Gasteiger partial charge in [-0.2, -0.15) is 13.2 Å². The molecule has 0 aliphatic carbocycles. The molecule has 0 aliphatic heterocycles. The first-order chi connectivity index (χ1) is 10.7. The molecule has 0 radical (unpaired) electrons. The van der Waals surface area contributed by atoms with E-state index in [1.54, 1.807) is 0 Å². The minimum atomic E-state index is -4.60. The number of Topliss-reactive ketones (excluding diaryl/α,β-unsaturated/α-hetero) is 1. The lowest BCUT2D eigenvalue weighted by atomic mass is 10.0. The standard InChI is InChI=1S/C15H12F3NO4/c1-8(20)9-4-10(6-11(5-9)15(16,17)18)12-7-23-13(19-12)2-3-14(21)22/h4-7H,2-3H2,1H3,(H,21,22). The Bertz CT molecular complexity index is 749. The van der Waals surface area contributed by atoms with Crippen molar-refractivity contribution in [1.82, 2.24) is 4.98 Å². The van der Waals surface area contributed by atoms with Gasteiger partial charge in [-0.15, -0.1) is 0 Å². The van der Waals surface area contributed by atoms with Gasteiger partial charge in [0.2, 0.25) is 0 Å². The van der Waals surface area contributed by atoms with Crippen LogP contribution in [0.15, 0.2) is 28.9 Å². The maximum atomic E-state index is 12.9. The minimum Gasteiger partial charge on any atom is -0.481 e. The highest BCUT2D eigenvalue weighted by Crippen LogP contribution is 2.33. The van der Waals surface area contributed by atoms with Crippen LogP contribution in [0.3, 0.4) is 0 Å². The van der Waals surface area contributed by atoms with Crippen molar-refractivity contribution in [2.75, 3.05) is 0 Å². The van der Waals surface area contributed by atoms with Crippen LogP contribution >= 0.6 is 0 Å². The van der Waals surface area contributed by atoms with Gasteiger partial charge in [0.05, 0.1) is 12.0 Å². The predicted octanol–water partition coefficient (Wildman–Crippen LogP) is 3.58. The number of hydrogen-bond acceptors (Lipinski definition) is 4. The third-order valence-corrected chi connectivity index (χ3v) is 3.07. The number of carboxylic acid groups (broad SMARTS) is 1. The summed E-state index contributed by atoms with van der Waals surface area (Å²) in [5, 5.41) is 8.59. The van der Waals surface area contributed by atoms with Gasteiger partial charge in [0, 0.05) is 17.5 Å². The molecule has 0 aliphatic rings. The van der Waals surface area contributed by atoms with Gasteiger partial charge >= 0.3 is 12.1 Å². The number of aryl methyl sites for hydroxylation is 1. The maximum absolute atomic E-state index is 12.9. The molecule has 0 fully saturated rings. The molecule has 23 heavy (non-hydrogen) atoms. The Morgan fingerprint density at radius 2 is 1.96 bits per heavy atom. The molecule has 1 aromatic heterocycles. The normalized spacial score (nSPS) is 11.5. The van der Waals surface area contributed by atoms with E-state index in [-0.39, 0.29) is 35.6 Å². The molecule has 1 aromatic carbocycles. The third kappa shape index (κ3) is 4.18. The molecular weight excluding hydrogens is 315 g/mol. The average molecular weight is 327 g/mol. The number of rotatable bonds is 5. The number of aromatic nitrogens is 1. The van der Waals surface area contributed by atoms with Crippen molar-refractivity contribution < 1.29 is 32.3 Å². The van der Waals surface area contributed by atoms with E-state index in [2.05, 4.69) is 4.98 Å². The Morgan fingerprint density at radius 3 is 2.52 bits per heavy atom. The largest absolute Gasteiger partial charge is 0.481 e. The quantitative estimate of drug-likeness (QED) is 0.849. The zero-order valence-electron chi connectivity index (χ0n) is 12.0. The van der Waals surface area contributed by atoms with Crippen molar-refractivity contribution in [2.24, 2.45) is 0 Å². The molecule has 1 N–H and O–H groups in total. The fourth-order valence-corrected chi connectivity index (χ4v) is 1.91. The summed E-state index contributed by atoms with van der Waals surface area (Å²) in [6, 6.07) is 2.93. The number of nitrogens with zero attached hydrogens (tertiary/aromatic N) is 1. The molecule has 0 bridgehead atoms. The van der Waals surface area contributed by atoms with Crippen LogP contribution in [0.1, 0.15) is 35.2 Å². The molecule has 2 rings (SSSR count). The second-order valence-corrected chi connectivity index (χ2v) is 4.87. The number of halogens is 3. The Balaban J connectivity index is 2.40. The number of alkyl halides is 3. The highest BCUT2D eigenvalue weighted by molar-refractivity contribution is 5.95. The second-order valence-electron chi connectivity index (χ2n) is 4.87. The molecule has 8 heteroatoms. The zero-order chi connectivity index (χ0) is 17.2. The van der Waals surface area contributed by atoms with Gasteiger partial charge in [-0.05, 0) is 25.1 Å². The molecule has 0 spiro atoms. The van der Waals surface area contributed by atoms with E-state index in [0.29, 0.717) is 0 Å². The van der Waals surface area contributed by atoms with Crippen LogP contribution in [0, 0.1) is 0 Å². The van der Waals surface area contributed by atoms with Gasteiger partial charge in [0.25, 0.3) is 0 Å². The Kier molecular flexibility index (Phi) is 4.53. The van der Waals surface area contributed by atoms with Gasteiger partial charge in [-0.25, -0.2) is 4.98 Å². The van der Waals surface area contributed by atoms with Gasteiger partial charge in [0.1, 0.15) is 12.0 Å². The summed E-state index contributed by atoms with van der Waals surface area (Å²) >= 11 is 0. The summed E-state index contributed by atoms with van der Waals surface area (Å²) in [5.41, 5.74) is -0.866. The summed E-state index contributed by atoms with van der Waals surface area (Å²) in [6.07, 6.45) is -3.65. The molecule has 0 atom stereocenters. The van der Waals surface area contributed by atoms with E-state index in [9.17, 15) is 22.8 Å². The predicted molar refractivity (Wildman–Crippen MR) is 72.9 cm³/mol. The summed E-state index contributed by atoms with van der Waals surface area (Å²) in [6.45, 7) is 1.17. The summed E-state index contributed by atoms with van der Waals surface area (Å²) < 4.78 is 43.8. The van der Waals surface area contributed by atoms with E-state index >= 15 is 0 Å². The SMILES string of the molecule is CC(=O)c1cc(-c2coc(CCC(=O)O)n2)cc(C(F)(F)F)c1. The molecule has 5 nitrogen and oxygen atoms in total. The Labute approximate surface area is 128 Å². The molecular formula is C15H12F3NO4. The number of carbonyl (C=O) groups is 2. The summed E-state index contributed by atoms with van der Waals surface area (Å²) in [7, 11) is 0. The molecule has 2 aromatic rings. The first kappa shape index (κ1) is 16.7. The van der Waals surface area contributed by atoms with E-state index in [0.717, 1.165) is 18.4 Å². The topological polar surface area (TPSA) is 80.4 Å². The summed E-state index contributed by atoms with van der Waals surface area (Å²) in [4.78, 5) is 25.9. The molecule has 0 saturated carbocycles. The highest BCUT2D eigenvalue weighted by Gasteiger charge is 2.32. The molecule has 122 valence electrons. The molecule has 0 amide bonds. The highest BCUT2D eigenvalue weighted by atomic mass is 19.4. The van der Waals surface area contributed by atoms with Crippen LogP contribution < -0.4 is 0 Å². The minimum absolute atomic E-state index is 0.0217. The molecule has 1 heterocycles. The third-order valence-electron chi connectivity index (χ3n) is 3.07. The number of ketones is 1. The molecule has 0 saturated heterocycles. The number of aliphatic carboxylic acids is 1. The molecule has 0 unspecified atom stereocenters. The lowest BCUT2D eigenvalue weighted by Crippen LogP contribution is -2.07.